The number of esters is 1. The molecular formula is C31H22ClF5N4O4. The Kier molecular flexibility index (Phi) is 9.68. The topological polar surface area (TPSA) is 121 Å². The number of alkyl halides is 3. The van der Waals surface area contributed by atoms with Crippen LogP contribution in [0.4, 0.5) is 22.0 Å². The standard InChI is InChI=1S/C31H22ClF5N4O4/c1-15(31(35,36)37)40-28(42)18-11-23(33)26(24(34)12-18)29(43)41-25(30(44)45-2)13-17-6-8-21(27-19(17)4-3-9-39-27)20-7-5-16(14-38)10-22(20)32/h3-12,15,25H,13H2,1-2H3,(H,40,42)(H,41,43)/t15-,25+/m1/s1. The molecule has 0 fully saturated rings. The molecule has 0 unspecified atom stereocenters. The Morgan fingerprint density at radius 3 is 2.27 bits per heavy atom. The molecule has 0 bridgehead atoms. The van der Waals surface area contributed by atoms with E-state index in [1.165, 1.54) is 12.3 Å². The number of benzene rings is 3. The van der Waals surface area contributed by atoms with Crippen LogP contribution in [0.25, 0.3) is 22.0 Å². The normalized spacial score (nSPS) is 12.6. The number of amides is 2. The summed E-state index contributed by atoms with van der Waals surface area (Å²) in [7, 11) is 1.05. The number of halogens is 6. The van der Waals surface area contributed by atoms with Gasteiger partial charge in [-0.15, -0.1) is 0 Å². The Hall–Kier alpha value is -5.09. The number of nitrogens with one attached hydrogen (secondary N) is 2. The molecule has 2 atom stereocenters. The molecule has 0 saturated carbocycles. The van der Waals surface area contributed by atoms with E-state index in [-0.39, 0.29) is 6.42 Å². The second kappa shape index (κ2) is 13.3. The van der Waals surface area contributed by atoms with Crippen LogP contribution in [-0.2, 0) is 16.0 Å². The van der Waals surface area contributed by atoms with Crippen LogP contribution in [0.1, 0.15) is 38.8 Å². The highest BCUT2D eigenvalue weighted by molar-refractivity contribution is 6.33. The van der Waals surface area contributed by atoms with Gasteiger partial charge in [-0.25, -0.2) is 13.6 Å². The Labute approximate surface area is 257 Å². The van der Waals surface area contributed by atoms with E-state index in [1.54, 1.807) is 41.7 Å². The smallest absolute Gasteiger partial charge is 0.408 e. The number of nitriles is 1. The molecule has 0 aliphatic carbocycles. The molecule has 2 N–H and O–H groups in total. The van der Waals surface area contributed by atoms with Gasteiger partial charge in [-0.05, 0) is 42.8 Å². The third-order valence-electron chi connectivity index (χ3n) is 6.83. The van der Waals surface area contributed by atoms with Crippen molar-refractivity contribution in [1.82, 2.24) is 15.6 Å². The first-order valence-corrected chi connectivity index (χ1v) is 13.4. The van der Waals surface area contributed by atoms with E-state index >= 15 is 0 Å². The van der Waals surface area contributed by atoms with E-state index in [2.05, 4.69) is 10.3 Å². The zero-order chi connectivity index (χ0) is 33.1. The lowest BCUT2D eigenvalue weighted by Gasteiger charge is -2.19. The van der Waals surface area contributed by atoms with Crippen LogP contribution in [0, 0.1) is 23.0 Å². The molecule has 45 heavy (non-hydrogen) atoms. The lowest BCUT2D eigenvalue weighted by atomic mass is 9.94. The van der Waals surface area contributed by atoms with Crippen LogP contribution in [0.15, 0.2) is 60.8 Å². The van der Waals surface area contributed by atoms with Crippen molar-refractivity contribution in [3.63, 3.8) is 0 Å². The summed E-state index contributed by atoms with van der Waals surface area (Å²) in [4.78, 5) is 42.2. The highest BCUT2D eigenvalue weighted by Gasteiger charge is 2.37. The number of hydrogen-bond donors (Lipinski definition) is 2. The molecule has 0 aliphatic rings. The van der Waals surface area contributed by atoms with E-state index in [1.807, 2.05) is 6.07 Å². The third-order valence-corrected chi connectivity index (χ3v) is 7.15. The summed E-state index contributed by atoms with van der Waals surface area (Å²) in [6.45, 7) is 0.647. The minimum Gasteiger partial charge on any atom is -0.467 e. The number of hydrogen-bond acceptors (Lipinski definition) is 6. The Morgan fingerprint density at radius 2 is 1.67 bits per heavy atom. The van der Waals surface area contributed by atoms with Crippen molar-refractivity contribution >= 4 is 40.3 Å². The molecule has 1 heterocycles. The molecule has 0 radical (unpaired) electrons. The first kappa shape index (κ1) is 32.8. The van der Waals surface area contributed by atoms with Crippen LogP contribution in [0.3, 0.4) is 0 Å². The second-order valence-electron chi connectivity index (χ2n) is 9.78. The molecule has 2 amide bonds. The largest absolute Gasteiger partial charge is 0.467 e. The van der Waals surface area contributed by atoms with Crippen molar-refractivity contribution < 1.29 is 41.1 Å². The number of ether oxygens (including phenoxy) is 1. The maximum Gasteiger partial charge on any atom is 0.408 e. The van der Waals surface area contributed by atoms with Gasteiger partial charge in [-0.3, -0.25) is 14.6 Å². The number of nitrogens with zero attached hydrogens (tertiary/aromatic N) is 2. The van der Waals surface area contributed by atoms with Gasteiger partial charge in [0.25, 0.3) is 11.8 Å². The third kappa shape index (κ3) is 7.18. The molecule has 0 saturated heterocycles. The summed E-state index contributed by atoms with van der Waals surface area (Å²) in [5.74, 6) is -6.82. The summed E-state index contributed by atoms with van der Waals surface area (Å²) in [5, 5.41) is 13.8. The molecule has 3 aromatic carbocycles. The Bertz CT molecular complexity index is 1840. The minimum atomic E-state index is -4.80. The van der Waals surface area contributed by atoms with Gasteiger partial charge in [0.05, 0.1) is 24.3 Å². The Balaban J connectivity index is 1.63. The lowest BCUT2D eigenvalue weighted by molar-refractivity contribution is -0.149. The Morgan fingerprint density at radius 1 is 1.00 bits per heavy atom. The van der Waals surface area contributed by atoms with Gasteiger partial charge in [0.2, 0.25) is 0 Å². The summed E-state index contributed by atoms with van der Waals surface area (Å²) in [6.07, 6.45) is -3.47. The van der Waals surface area contributed by atoms with Gasteiger partial charge in [0.15, 0.2) is 0 Å². The van der Waals surface area contributed by atoms with Gasteiger partial charge >= 0.3 is 12.1 Å². The highest BCUT2D eigenvalue weighted by Crippen LogP contribution is 2.35. The SMILES string of the molecule is COC(=O)[C@H](Cc1ccc(-c2ccc(C#N)cc2Cl)c2ncccc12)NC(=O)c1c(F)cc(C(=O)N[C@H](C)C(F)(F)F)cc1F. The second-order valence-corrected chi connectivity index (χ2v) is 10.2. The molecular weight excluding hydrogens is 623 g/mol. The molecule has 4 rings (SSSR count). The zero-order valence-corrected chi connectivity index (χ0v) is 24.2. The average molecular weight is 645 g/mol. The highest BCUT2D eigenvalue weighted by atomic mass is 35.5. The van der Waals surface area contributed by atoms with Crippen molar-refractivity contribution in [2.24, 2.45) is 0 Å². The van der Waals surface area contributed by atoms with E-state index < -0.39 is 58.8 Å². The summed E-state index contributed by atoms with van der Waals surface area (Å²) < 4.78 is 72.9. The summed E-state index contributed by atoms with van der Waals surface area (Å²) >= 11 is 6.42. The minimum absolute atomic E-state index is 0.207. The van der Waals surface area contributed by atoms with E-state index in [0.29, 0.717) is 57.2 Å². The van der Waals surface area contributed by atoms with Gasteiger partial charge in [-0.2, -0.15) is 18.4 Å². The number of carbonyl (C=O) groups excluding carboxylic acids is 3. The quantitative estimate of drug-likeness (QED) is 0.182. The van der Waals surface area contributed by atoms with Gasteiger partial charge in [0.1, 0.15) is 29.3 Å². The monoisotopic (exact) mass is 644 g/mol. The van der Waals surface area contributed by atoms with Crippen LogP contribution < -0.4 is 10.6 Å². The van der Waals surface area contributed by atoms with E-state index in [4.69, 9.17) is 21.6 Å². The van der Waals surface area contributed by atoms with Crippen molar-refractivity contribution in [1.29, 1.82) is 5.26 Å². The van der Waals surface area contributed by atoms with Crippen molar-refractivity contribution in [3.8, 4) is 17.2 Å². The van der Waals surface area contributed by atoms with Gasteiger partial charge in [-0.1, -0.05) is 35.9 Å². The molecule has 0 aliphatic heterocycles. The van der Waals surface area contributed by atoms with Crippen molar-refractivity contribution in [3.05, 3.63) is 99.7 Å². The van der Waals surface area contributed by atoms with E-state index in [0.717, 1.165) is 7.11 Å². The van der Waals surface area contributed by atoms with Crippen LogP contribution in [0.5, 0.6) is 0 Å². The predicted molar refractivity (Wildman–Crippen MR) is 153 cm³/mol. The van der Waals surface area contributed by atoms with Crippen molar-refractivity contribution in [2.75, 3.05) is 7.11 Å². The number of fused-ring (bicyclic) bond motifs is 1. The van der Waals surface area contributed by atoms with Crippen LogP contribution >= 0.6 is 11.6 Å². The van der Waals surface area contributed by atoms with Crippen LogP contribution in [0.2, 0.25) is 5.02 Å². The molecule has 1 aromatic heterocycles. The first-order valence-electron chi connectivity index (χ1n) is 13.1. The summed E-state index contributed by atoms with van der Waals surface area (Å²) in [5.41, 5.74) is 0.567. The number of rotatable bonds is 8. The van der Waals surface area contributed by atoms with Crippen LogP contribution in [-0.4, -0.2) is 48.1 Å². The maximum atomic E-state index is 14.9. The molecule has 8 nitrogen and oxygen atoms in total. The fraction of sp³-hybridized carbons (Fsp3) is 0.194. The predicted octanol–water partition coefficient (Wildman–Crippen LogP) is 5.90. The lowest BCUT2D eigenvalue weighted by Crippen LogP contribution is -2.44. The average Bonchev–Trinajstić information content (AvgIpc) is 2.99. The number of aromatic nitrogens is 1. The molecule has 0 spiro atoms. The van der Waals surface area contributed by atoms with Gasteiger partial charge < -0.3 is 15.4 Å². The number of pyridine rings is 1. The number of carbonyl (C=O) groups is 3. The fourth-order valence-electron chi connectivity index (χ4n) is 4.50. The first-order chi connectivity index (χ1) is 21.2. The molecule has 14 heteroatoms. The number of methoxy groups -OCH3 is 1. The fourth-order valence-corrected chi connectivity index (χ4v) is 4.78. The molecule has 232 valence electrons. The van der Waals surface area contributed by atoms with E-state index in [9.17, 15) is 36.3 Å². The zero-order valence-electron chi connectivity index (χ0n) is 23.4. The molecule has 4 aromatic rings. The van der Waals surface area contributed by atoms with Crippen molar-refractivity contribution in [2.45, 2.75) is 31.6 Å². The maximum absolute atomic E-state index is 14.9. The summed E-state index contributed by atoms with van der Waals surface area (Å²) in [6, 6.07) is 10.5. The van der Waals surface area contributed by atoms with Gasteiger partial charge in [0, 0.05) is 39.7 Å².